The van der Waals surface area contributed by atoms with Gasteiger partial charge in [0.2, 0.25) is 5.91 Å². The van der Waals surface area contributed by atoms with Gasteiger partial charge in [-0.2, -0.15) is 0 Å². The van der Waals surface area contributed by atoms with E-state index >= 15 is 0 Å². The number of hydrogen-bond acceptors (Lipinski definition) is 3. The highest BCUT2D eigenvalue weighted by Crippen LogP contribution is 2.14. The third kappa shape index (κ3) is 46.0. The molecule has 4 nitrogen and oxygen atoms in total. The van der Waals surface area contributed by atoms with E-state index in [2.05, 4.69) is 116 Å². The fourth-order valence-electron chi connectivity index (χ4n) is 6.74. The second-order valence-electron chi connectivity index (χ2n) is 16.1. The lowest BCUT2D eigenvalue weighted by atomic mass is 10.0. The molecule has 0 bridgehead atoms. The number of nitrogens with one attached hydrogen (secondary N) is 1. The normalized spacial score (nSPS) is 13.9. The maximum absolute atomic E-state index is 12.4. The molecule has 0 aliphatic rings. The third-order valence-corrected chi connectivity index (χ3v) is 10.5. The lowest BCUT2D eigenvalue weighted by Crippen LogP contribution is -2.45. The summed E-state index contributed by atoms with van der Waals surface area (Å²) >= 11 is 0. The van der Waals surface area contributed by atoms with E-state index < -0.39 is 12.1 Å². The van der Waals surface area contributed by atoms with Gasteiger partial charge >= 0.3 is 0 Å². The summed E-state index contributed by atoms with van der Waals surface area (Å²) < 4.78 is 0. The van der Waals surface area contributed by atoms with Crippen molar-refractivity contribution in [2.24, 2.45) is 0 Å². The van der Waals surface area contributed by atoms with Crippen LogP contribution in [0.25, 0.3) is 0 Å². The van der Waals surface area contributed by atoms with Crippen LogP contribution in [0.1, 0.15) is 213 Å². The van der Waals surface area contributed by atoms with E-state index in [0.29, 0.717) is 6.42 Å². The van der Waals surface area contributed by atoms with E-state index in [1.165, 1.54) is 109 Å². The summed E-state index contributed by atoms with van der Waals surface area (Å²) in [6.45, 7) is 4.16. The van der Waals surface area contributed by atoms with Crippen LogP contribution in [0.15, 0.2) is 109 Å². The first kappa shape index (κ1) is 56.1. The summed E-state index contributed by atoms with van der Waals surface area (Å²) in [5.74, 6) is -0.124. The monoisotopic (exact) mass is 816 g/mol. The Bertz CT molecular complexity index is 1150. The molecule has 59 heavy (non-hydrogen) atoms. The topological polar surface area (TPSA) is 69.6 Å². The van der Waals surface area contributed by atoms with Crippen LogP contribution in [0.4, 0.5) is 0 Å². The Hall–Kier alpha value is -2.95. The van der Waals surface area contributed by atoms with Gasteiger partial charge in [0.15, 0.2) is 0 Å². The number of carbonyl (C=O) groups excluding carboxylic acids is 1. The first-order chi connectivity index (χ1) is 29.2. The predicted octanol–water partition coefficient (Wildman–Crippen LogP) is 16.0. The number of rotatable bonds is 43. The Labute approximate surface area is 366 Å². The molecule has 0 radical (unpaired) electrons. The molecule has 0 spiro atoms. The average molecular weight is 816 g/mol. The summed E-state index contributed by atoms with van der Waals surface area (Å²) in [7, 11) is 0. The predicted molar refractivity (Wildman–Crippen MR) is 262 cm³/mol. The number of unbranched alkanes of at least 4 members (excludes halogenated alkanes) is 20. The molecular weight excluding hydrogens is 723 g/mol. The van der Waals surface area contributed by atoms with Crippen LogP contribution < -0.4 is 5.32 Å². The second-order valence-corrected chi connectivity index (χ2v) is 16.1. The fourth-order valence-corrected chi connectivity index (χ4v) is 6.74. The van der Waals surface area contributed by atoms with Gasteiger partial charge in [-0.15, -0.1) is 0 Å². The molecule has 0 aromatic heterocycles. The number of aliphatic hydroxyl groups excluding tert-OH is 2. The molecule has 0 aliphatic heterocycles. The SMILES string of the molecule is CC/C=C\C/C=C\C/C=C\C/C=C\C/C=C\C/C=C\CCCCC(=O)NC(CO)C(O)/C=C/CC/C=C/CC/C=C/CCCCCCCCCCCCCCCCCC. The number of aliphatic hydroxyl groups is 2. The maximum Gasteiger partial charge on any atom is 0.220 e. The van der Waals surface area contributed by atoms with Crippen LogP contribution in [0.2, 0.25) is 0 Å². The molecular formula is C55H93NO3. The van der Waals surface area contributed by atoms with Crippen molar-refractivity contribution in [3.05, 3.63) is 109 Å². The Kier molecular flexibility index (Phi) is 46.9. The van der Waals surface area contributed by atoms with Gasteiger partial charge < -0.3 is 15.5 Å². The smallest absolute Gasteiger partial charge is 0.220 e. The quantitative estimate of drug-likeness (QED) is 0.0424. The Morgan fingerprint density at radius 2 is 0.763 bits per heavy atom. The molecule has 0 aromatic carbocycles. The molecule has 2 unspecified atom stereocenters. The zero-order valence-electron chi connectivity index (χ0n) is 38.5. The van der Waals surface area contributed by atoms with Crippen molar-refractivity contribution in [2.75, 3.05) is 6.61 Å². The lowest BCUT2D eigenvalue weighted by molar-refractivity contribution is -0.123. The highest BCUT2D eigenvalue weighted by molar-refractivity contribution is 5.76. The minimum atomic E-state index is -0.897. The lowest BCUT2D eigenvalue weighted by Gasteiger charge is -2.19. The molecule has 2 atom stereocenters. The third-order valence-electron chi connectivity index (χ3n) is 10.5. The summed E-state index contributed by atoms with van der Waals surface area (Å²) in [6.07, 6.45) is 75.1. The largest absolute Gasteiger partial charge is 0.394 e. The van der Waals surface area contributed by atoms with Crippen molar-refractivity contribution in [2.45, 2.75) is 225 Å². The zero-order chi connectivity index (χ0) is 42.8. The highest BCUT2D eigenvalue weighted by Gasteiger charge is 2.17. The van der Waals surface area contributed by atoms with E-state index in [1.54, 1.807) is 6.08 Å². The summed E-state index contributed by atoms with van der Waals surface area (Å²) in [5.41, 5.74) is 0. The van der Waals surface area contributed by atoms with Crippen LogP contribution in [-0.4, -0.2) is 34.9 Å². The minimum absolute atomic E-state index is 0.124. The van der Waals surface area contributed by atoms with Crippen molar-refractivity contribution in [1.29, 1.82) is 0 Å². The first-order valence-electron chi connectivity index (χ1n) is 24.6. The van der Waals surface area contributed by atoms with E-state index in [0.717, 1.165) is 83.5 Å². The first-order valence-corrected chi connectivity index (χ1v) is 24.6. The van der Waals surface area contributed by atoms with Gasteiger partial charge in [-0.1, -0.05) is 220 Å². The average Bonchev–Trinajstić information content (AvgIpc) is 3.24. The van der Waals surface area contributed by atoms with Gasteiger partial charge in [0, 0.05) is 6.42 Å². The number of carbonyl (C=O) groups is 1. The number of amides is 1. The van der Waals surface area contributed by atoms with Crippen molar-refractivity contribution < 1.29 is 15.0 Å². The van der Waals surface area contributed by atoms with Gasteiger partial charge in [0.1, 0.15) is 0 Å². The van der Waals surface area contributed by atoms with Crippen LogP contribution in [0, 0.1) is 0 Å². The molecule has 0 aromatic rings. The summed E-state index contributed by atoms with van der Waals surface area (Å²) in [4.78, 5) is 12.4. The second kappa shape index (κ2) is 49.4. The van der Waals surface area contributed by atoms with Crippen molar-refractivity contribution in [1.82, 2.24) is 5.32 Å². The fraction of sp³-hybridized carbons (Fsp3) is 0.655. The van der Waals surface area contributed by atoms with Crippen LogP contribution in [0.3, 0.4) is 0 Å². The Balaban J connectivity index is 3.72. The maximum atomic E-state index is 12.4. The van der Waals surface area contributed by atoms with E-state index in [4.69, 9.17) is 0 Å². The van der Waals surface area contributed by atoms with Gasteiger partial charge in [-0.25, -0.2) is 0 Å². The molecule has 0 saturated carbocycles. The molecule has 4 heteroatoms. The molecule has 1 amide bonds. The van der Waals surface area contributed by atoms with Crippen molar-refractivity contribution in [3.8, 4) is 0 Å². The molecule has 0 fully saturated rings. The summed E-state index contributed by atoms with van der Waals surface area (Å²) in [5, 5.41) is 23.0. The summed E-state index contributed by atoms with van der Waals surface area (Å²) in [6, 6.07) is -0.677. The Morgan fingerprint density at radius 3 is 1.19 bits per heavy atom. The molecule has 3 N–H and O–H groups in total. The molecule has 0 rings (SSSR count). The van der Waals surface area contributed by atoms with E-state index in [9.17, 15) is 15.0 Å². The molecule has 0 saturated heterocycles. The zero-order valence-corrected chi connectivity index (χ0v) is 38.5. The molecule has 0 aliphatic carbocycles. The number of allylic oxidation sites excluding steroid dienone is 17. The van der Waals surface area contributed by atoms with Gasteiger partial charge in [-0.05, 0) is 96.3 Å². The number of hydrogen-bond donors (Lipinski definition) is 3. The van der Waals surface area contributed by atoms with Crippen LogP contribution in [0.5, 0.6) is 0 Å². The van der Waals surface area contributed by atoms with Crippen molar-refractivity contribution in [3.63, 3.8) is 0 Å². The van der Waals surface area contributed by atoms with Crippen LogP contribution >= 0.6 is 0 Å². The van der Waals surface area contributed by atoms with Gasteiger partial charge in [0.05, 0.1) is 18.8 Å². The minimum Gasteiger partial charge on any atom is -0.394 e. The van der Waals surface area contributed by atoms with Gasteiger partial charge in [0.25, 0.3) is 0 Å². The van der Waals surface area contributed by atoms with E-state index in [-0.39, 0.29) is 12.5 Å². The Morgan fingerprint density at radius 1 is 0.424 bits per heavy atom. The van der Waals surface area contributed by atoms with E-state index in [1.807, 2.05) is 6.08 Å². The molecule has 0 heterocycles. The van der Waals surface area contributed by atoms with Crippen molar-refractivity contribution >= 4 is 5.91 Å². The van der Waals surface area contributed by atoms with Gasteiger partial charge in [-0.3, -0.25) is 4.79 Å². The highest BCUT2D eigenvalue weighted by atomic mass is 16.3. The van der Waals surface area contributed by atoms with Crippen LogP contribution in [-0.2, 0) is 4.79 Å². The standard InChI is InChI=1S/C55H93NO3/c1-3-5-7-9-11-13-15-17-19-21-23-25-26-27-28-29-31-32-34-36-38-40-42-44-46-48-50-54(58)53(52-57)56-55(59)51-49-47-45-43-41-39-37-35-33-30-24-22-20-18-16-14-12-10-8-6-4-2/h6,8,12,14,18,20,24,30,32,34-35,37,40-43,48,50,53-54,57-58H,3-5,7,9-11,13,15-17,19,21-23,25-29,31,33,36,38-39,44-47,49,51-52H2,1-2H3,(H,56,59)/b8-6-,14-12-,20-18-,30-24-,34-32+,37-35-,42-40+,43-41-,50-48+. The molecule has 336 valence electrons.